The fourth-order valence-electron chi connectivity index (χ4n) is 1.55. The Morgan fingerprint density at radius 2 is 1.64 bits per heavy atom. The molecule has 0 heterocycles. The molecule has 1 rings (SSSR count). The van der Waals surface area contributed by atoms with E-state index in [1.165, 1.54) is 5.56 Å². The molecule has 0 amide bonds. The van der Waals surface area contributed by atoms with E-state index in [0.29, 0.717) is 6.04 Å². The fraction of sp³-hybridized carbons (Fsp3) is 0.333. The predicted molar refractivity (Wildman–Crippen MR) is 57.4 cm³/mol. The van der Waals surface area contributed by atoms with Crippen LogP contribution < -0.4 is 12.4 Å². The molecule has 1 atom stereocenters. The van der Waals surface area contributed by atoms with Gasteiger partial charge in [0.05, 0.1) is 21.1 Å². The van der Waals surface area contributed by atoms with Crippen LogP contribution in [0.3, 0.4) is 0 Å². The zero-order valence-corrected chi connectivity index (χ0v) is 9.83. The largest absolute Gasteiger partial charge is 1.00 e. The predicted octanol–water partition coefficient (Wildman–Crippen LogP) is -0.376. The summed E-state index contributed by atoms with van der Waals surface area (Å²) in [7, 11) is 6.54. The van der Waals surface area contributed by atoms with E-state index in [0.717, 1.165) is 4.48 Å². The molecular weight excluding hydrogens is 194 g/mol. The van der Waals surface area contributed by atoms with E-state index in [9.17, 15) is 0 Å². The minimum Gasteiger partial charge on any atom is -1.00 e. The third-order valence-corrected chi connectivity index (χ3v) is 2.20. The first-order chi connectivity index (χ1) is 6.05. The summed E-state index contributed by atoms with van der Waals surface area (Å²) < 4.78 is 0.882. The number of likely N-dealkylation sites (N-methyl/N-ethyl adjacent to an activating group) is 1. The third-order valence-electron chi connectivity index (χ3n) is 2.20. The molecule has 1 aromatic rings. The van der Waals surface area contributed by atoms with E-state index in [4.69, 9.17) is 0 Å². The van der Waals surface area contributed by atoms with Gasteiger partial charge in [-0.25, -0.2) is 0 Å². The summed E-state index contributed by atoms with van der Waals surface area (Å²) in [5.41, 5.74) is 1.32. The van der Waals surface area contributed by atoms with Gasteiger partial charge in [-0.2, -0.15) is 0 Å². The zero-order chi connectivity index (χ0) is 9.90. The maximum atomic E-state index is 3.89. The van der Waals surface area contributed by atoms with Crippen molar-refractivity contribution in [3.8, 4) is 0 Å². The van der Waals surface area contributed by atoms with E-state index < -0.39 is 0 Å². The molecule has 0 fully saturated rings. The molecule has 0 aliphatic heterocycles. The first kappa shape index (κ1) is 13.2. The van der Waals surface area contributed by atoms with Crippen LogP contribution in [0.15, 0.2) is 43.0 Å². The monoisotopic (exact) mass is 211 g/mol. The van der Waals surface area contributed by atoms with Crippen molar-refractivity contribution >= 4 is 0 Å². The van der Waals surface area contributed by atoms with E-state index in [-0.39, 0.29) is 12.4 Å². The molecule has 1 unspecified atom stereocenters. The molecule has 1 nitrogen and oxygen atoms in total. The van der Waals surface area contributed by atoms with Gasteiger partial charge in [-0.1, -0.05) is 36.9 Å². The Bertz CT molecular complexity index is 274. The van der Waals surface area contributed by atoms with Crippen molar-refractivity contribution in [2.24, 2.45) is 0 Å². The lowest BCUT2D eigenvalue weighted by molar-refractivity contribution is -0.895. The Morgan fingerprint density at radius 3 is 2.00 bits per heavy atom. The average molecular weight is 212 g/mol. The minimum absolute atomic E-state index is 0. The second kappa shape index (κ2) is 5.18. The van der Waals surface area contributed by atoms with Crippen molar-refractivity contribution < 1.29 is 16.9 Å². The van der Waals surface area contributed by atoms with Gasteiger partial charge in [-0.15, -0.1) is 0 Å². The number of hydrogen-bond donors (Lipinski definition) is 0. The van der Waals surface area contributed by atoms with Crippen molar-refractivity contribution in [2.45, 2.75) is 6.04 Å². The van der Waals surface area contributed by atoms with Crippen molar-refractivity contribution in [2.75, 3.05) is 21.1 Å². The zero-order valence-electron chi connectivity index (χ0n) is 9.07. The van der Waals surface area contributed by atoms with E-state index >= 15 is 0 Å². The number of halogens is 1. The van der Waals surface area contributed by atoms with Gasteiger partial charge in [0.15, 0.2) is 0 Å². The summed E-state index contributed by atoms with van der Waals surface area (Å²) >= 11 is 0. The second-order valence-electron chi connectivity index (χ2n) is 4.21. The van der Waals surface area contributed by atoms with Gasteiger partial charge in [0.25, 0.3) is 0 Å². The number of rotatable bonds is 3. The molecule has 0 N–H and O–H groups in total. The first-order valence-electron chi connectivity index (χ1n) is 4.54. The maximum absolute atomic E-state index is 3.89. The third kappa shape index (κ3) is 3.17. The summed E-state index contributed by atoms with van der Waals surface area (Å²) in [5, 5.41) is 0. The van der Waals surface area contributed by atoms with Crippen LogP contribution in [0.25, 0.3) is 0 Å². The molecule has 0 spiro atoms. The SMILES string of the molecule is C=CC(c1ccccc1)[N+](C)(C)C.[Cl-]. The van der Waals surface area contributed by atoms with Crippen LogP contribution in [0.2, 0.25) is 0 Å². The highest BCUT2D eigenvalue weighted by molar-refractivity contribution is 5.20. The number of nitrogens with zero attached hydrogens (tertiary/aromatic N) is 1. The van der Waals surface area contributed by atoms with Crippen LogP contribution in [-0.2, 0) is 0 Å². The Kier molecular flexibility index (Phi) is 4.89. The van der Waals surface area contributed by atoms with Crippen molar-refractivity contribution in [1.82, 2.24) is 0 Å². The van der Waals surface area contributed by atoms with Gasteiger partial charge in [0.2, 0.25) is 0 Å². The summed E-state index contributed by atoms with van der Waals surface area (Å²) in [6.07, 6.45) is 2.01. The van der Waals surface area contributed by atoms with Crippen LogP contribution in [0, 0.1) is 0 Å². The lowest BCUT2D eigenvalue weighted by atomic mass is 10.1. The van der Waals surface area contributed by atoms with Crippen LogP contribution in [0.4, 0.5) is 0 Å². The summed E-state index contributed by atoms with van der Waals surface area (Å²) in [6.45, 7) is 3.89. The molecule has 0 aliphatic rings. The molecule has 0 bridgehead atoms. The molecule has 0 aliphatic carbocycles. The normalized spacial score (nSPS) is 12.8. The molecule has 0 saturated heterocycles. The Hall–Kier alpha value is -0.790. The van der Waals surface area contributed by atoms with Crippen LogP contribution in [0.5, 0.6) is 0 Å². The van der Waals surface area contributed by atoms with E-state index in [1.807, 2.05) is 12.1 Å². The molecule has 0 aromatic heterocycles. The standard InChI is InChI=1S/C12H18N.ClH/c1-5-12(13(2,3)4)11-9-7-6-8-10-11;/h5-10,12H,1H2,2-4H3;1H/q+1;/p-1. The average Bonchev–Trinajstić information content (AvgIpc) is 2.05. The van der Waals surface area contributed by atoms with Gasteiger partial charge in [-0.3, -0.25) is 0 Å². The van der Waals surface area contributed by atoms with Gasteiger partial charge in [0, 0.05) is 5.56 Å². The molecule has 14 heavy (non-hydrogen) atoms. The molecule has 0 saturated carbocycles. The maximum Gasteiger partial charge on any atom is 0.133 e. The molecule has 1 aromatic carbocycles. The molecular formula is C12H18ClN. The van der Waals surface area contributed by atoms with Crippen molar-refractivity contribution in [3.63, 3.8) is 0 Å². The van der Waals surface area contributed by atoms with E-state index in [2.05, 4.69) is 52.0 Å². The van der Waals surface area contributed by atoms with Gasteiger partial charge in [-0.05, 0) is 6.08 Å². The molecule has 0 radical (unpaired) electrons. The highest BCUT2D eigenvalue weighted by Crippen LogP contribution is 2.23. The quantitative estimate of drug-likeness (QED) is 0.473. The second-order valence-corrected chi connectivity index (χ2v) is 4.21. The fourth-order valence-corrected chi connectivity index (χ4v) is 1.55. The lowest BCUT2D eigenvalue weighted by Gasteiger charge is -2.32. The molecule has 2 heteroatoms. The van der Waals surface area contributed by atoms with Crippen LogP contribution >= 0.6 is 0 Å². The lowest BCUT2D eigenvalue weighted by Crippen LogP contribution is -3.00. The topological polar surface area (TPSA) is 0 Å². The molecule has 78 valence electrons. The van der Waals surface area contributed by atoms with Gasteiger partial charge < -0.3 is 16.9 Å². The summed E-state index contributed by atoms with van der Waals surface area (Å²) in [5.74, 6) is 0. The Balaban J connectivity index is 0.00000169. The van der Waals surface area contributed by atoms with Crippen LogP contribution in [-0.4, -0.2) is 25.6 Å². The Morgan fingerprint density at radius 1 is 1.14 bits per heavy atom. The van der Waals surface area contributed by atoms with Crippen molar-refractivity contribution in [3.05, 3.63) is 48.6 Å². The highest BCUT2D eigenvalue weighted by atomic mass is 35.5. The number of hydrogen-bond acceptors (Lipinski definition) is 0. The van der Waals surface area contributed by atoms with Gasteiger partial charge in [0.1, 0.15) is 6.04 Å². The van der Waals surface area contributed by atoms with Crippen molar-refractivity contribution in [1.29, 1.82) is 0 Å². The minimum atomic E-state index is 0. The first-order valence-corrected chi connectivity index (χ1v) is 4.54. The number of quaternary nitrogens is 1. The summed E-state index contributed by atoms with van der Waals surface area (Å²) in [6, 6.07) is 10.9. The summed E-state index contributed by atoms with van der Waals surface area (Å²) in [4.78, 5) is 0. The number of benzene rings is 1. The van der Waals surface area contributed by atoms with E-state index in [1.54, 1.807) is 0 Å². The highest BCUT2D eigenvalue weighted by Gasteiger charge is 2.21. The smallest absolute Gasteiger partial charge is 0.133 e. The Labute approximate surface area is 93.1 Å². The van der Waals surface area contributed by atoms with Crippen LogP contribution in [0.1, 0.15) is 11.6 Å². The van der Waals surface area contributed by atoms with Gasteiger partial charge >= 0.3 is 0 Å².